The van der Waals surface area contributed by atoms with E-state index < -0.39 is 11.7 Å². The van der Waals surface area contributed by atoms with Crippen molar-refractivity contribution in [1.29, 1.82) is 0 Å². The molecule has 0 bridgehead atoms. The van der Waals surface area contributed by atoms with Crippen LogP contribution in [0, 0.1) is 12.3 Å². The van der Waals surface area contributed by atoms with Gasteiger partial charge in [-0.3, -0.25) is 4.79 Å². The second kappa shape index (κ2) is 8.40. The van der Waals surface area contributed by atoms with Crippen molar-refractivity contribution in [2.45, 2.75) is 45.6 Å². The van der Waals surface area contributed by atoms with Gasteiger partial charge in [-0.2, -0.15) is 0 Å². The zero-order valence-corrected chi connectivity index (χ0v) is 11.3. The van der Waals surface area contributed by atoms with E-state index in [4.69, 9.17) is 11.2 Å². The maximum absolute atomic E-state index is 11.3. The number of alkyl carbamates (subject to hydrolysis) is 1. The molecule has 0 aliphatic rings. The second-order valence-corrected chi connectivity index (χ2v) is 4.84. The van der Waals surface area contributed by atoms with E-state index in [1.165, 1.54) is 0 Å². The fourth-order valence-corrected chi connectivity index (χ4v) is 1.12. The molecule has 2 N–H and O–H groups in total. The van der Waals surface area contributed by atoms with Crippen molar-refractivity contribution in [2.24, 2.45) is 0 Å². The number of hydrogen-bond donors (Lipinski definition) is 2. The quantitative estimate of drug-likeness (QED) is 0.556. The summed E-state index contributed by atoms with van der Waals surface area (Å²) < 4.78 is 5.04. The van der Waals surface area contributed by atoms with Crippen molar-refractivity contribution in [2.75, 3.05) is 13.1 Å². The zero-order valence-electron chi connectivity index (χ0n) is 11.3. The van der Waals surface area contributed by atoms with Crippen LogP contribution in [-0.4, -0.2) is 30.7 Å². The lowest BCUT2D eigenvalue weighted by atomic mass is 10.2. The Labute approximate surface area is 109 Å². The summed E-state index contributed by atoms with van der Waals surface area (Å²) >= 11 is 0. The van der Waals surface area contributed by atoms with Crippen LogP contribution in [0.4, 0.5) is 4.79 Å². The molecule has 0 rings (SSSR count). The molecule has 0 aromatic heterocycles. The van der Waals surface area contributed by atoms with Crippen molar-refractivity contribution in [3.63, 3.8) is 0 Å². The van der Waals surface area contributed by atoms with Crippen LogP contribution in [0.25, 0.3) is 0 Å². The van der Waals surface area contributed by atoms with E-state index in [1.807, 2.05) is 0 Å². The first kappa shape index (κ1) is 16.3. The highest BCUT2D eigenvalue weighted by molar-refractivity contribution is 5.75. The standard InChI is InChI=1S/C13H22N2O3/c1-5-6-7-8-11(16)14-9-10-15-12(17)18-13(2,3)4/h1H,6-10H2,2-4H3,(H,14,16)(H,15,17). The predicted octanol–water partition coefficient (Wildman–Crippen LogP) is 1.43. The highest BCUT2D eigenvalue weighted by Gasteiger charge is 2.15. The topological polar surface area (TPSA) is 67.4 Å². The van der Waals surface area contributed by atoms with Gasteiger partial charge in [0.05, 0.1) is 0 Å². The summed E-state index contributed by atoms with van der Waals surface area (Å²) in [6, 6.07) is 0. The molecule has 0 aromatic rings. The number of carbonyl (C=O) groups is 2. The summed E-state index contributed by atoms with van der Waals surface area (Å²) in [5, 5.41) is 5.24. The summed E-state index contributed by atoms with van der Waals surface area (Å²) in [6.45, 7) is 6.10. The minimum Gasteiger partial charge on any atom is -0.444 e. The molecule has 5 heteroatoms. The van der Waals surface area contributed by atoms with Gasteiger partial charge in [0.15, 0.2) is 0 Å². The number of nitrogens with one attached hydrogen (secondary N) is 2. The predicted molar refractivity (Wildman–Crippen MR) is 69.9 cm³/mol. The van der Waals surface area contributed by atoms with Crippen LogP contribution >= 0.6 is 0 Å². The summed E-state index contributed by atoms with van der Waals surface area (Å²) in [7, 11) is 0. The van der Waals surface area contributed by atoms with E-state index in [-0.39, 0.29) is 5.91 Å². The van der Waals surface area contributed by atoms with Gasteiger partial charge in [0.25, 0.3) is 0 Å². The summed E-state index contributed by atoms with van der Waals surface area (Å²) in [4.78, 5) is 22.5. The van der Waals surface area contributed by atoms with Crippen molar-refractivity contribution in [1.82, 2.24) is 10.6 Å². The molecule has 0 spiro atoms. The largest absolute Gasteiger partial charge is 0.444 e. The molecule has 0 fully saturated rings. The van der Waals surface area contributed by atoms with E-state index in [0.29, 0.717) is 32.4 Å². The highest BCUT2D eigenvalue weighted by Crippen LogP contribution is 2.05. The lowest BCUT2D eigenvalue weighted by Crippen LogP contribution is -2.37. The first-order valence-corrected chi connectivity index (χ1v) is 6.02. The molecule has 18 heavy (non-hydrogen) atoms. The van der Waals surface area contributed by atoms with Crippen molar-refractivity contribution >= 4 is 12.0 Å². The number of amides is 2. The number of unbranched alkanes of at least 4 members (excludes halogenated alkanes) is 1. The van der Waals surface area contributed by atoms with Gasteiger partial charge in [0.2, 0.25) is 5.91 Å². The van der Waals surface area contributed by atoms with E-state index in [2.05, 4.69) is 16.6 Å². The van der Waals surface area contributed by atoms with Crippen LogP contribution in [0.5, 0.6) is 0 Å². The average Bonchev–Trinajstić information content (AvgIpc) is 2.22. The summed E-state index contributed by atoms with van der Waals surface area (Å²) in [5.74, 6) is 2.41. The van der Waals surface area contributed by atoms with Crippen molar-refractivity contribution in [3.8, 4) is 12.3 Å². The minimum absolute atomic E-state index is 0.0590. The van der Waals surface area contributed by atoms with E-state index in [9.17, 15) is 9.59 Å². The van der Waals surface area contributed by atoms with Gasteiger partial charge < -0.3 is 15.4 Å². The Kier molecular flexibility index (Phi) is 7.61. The molecule has 0 saturated heterocycles. The Bertz CT molecular complexity index is 313. The SMILES string of the molecule is C#CCCCC(=O)NCCNC(=O)OC(C)(C)C. The van der Waals surface area contributed by atoms with E-state index in [1.54, 1.807) is 20.8 Å². The van der Waals surface area contributed by atoms with Crippen LogP contribution < -0.4 is 10.6 Å². The molecule has 5 nitrogen and oxygen atoms in total. The van der Waals surface area contributed by atoms with E-state index >= 15 is 0 Å². The van der Waals surface area contributed by atoms with Crippen LogP contribution in [0.3, 0.4) is 0 Å². The Morgan fingerprint density at radius 2 is 1.83 bits per heavy atom. The van der Waals surface area contributed by atoms with Crippen LogP contribution in [0.15, 0.2) is 0 Å². The van der Waals surface area contributed by atoms with Crippen molar-refractivity contribution in [3.05, 3.63) is 0 Å². The van der Waals surface area contributed by atoms with Crippen LogP contribution in [0.1, 0.15) is 40.0 Å². The first-order chi connectivity index (χ1) is 8.35. The third kappa shape index (κ3) is 10.8. The Hall–Kier alpha value is -1.70. The summed E-state index contributed by atoms with van der Waals surface area (Å²) in [5.41, 5.74) is -0.511. The Morgan fingerprint density at radius 3 is 2.39 bits per heavy atom. The molecule has 0 radical (unpaired) electrons. The van der Waals surface area contributed by atoms with Crippen LogP contribution in [-0.2, 0) is 9.53 Å². The Balaban J connectivity index is 3.53. The molecule has 0 aromatic carbocycles. The molecule has 0 atom stereocenters. The monoisotopic (exact) mass is 254 g/mol. The van der Waals surface area contributed by atoms with Gasteiger partial charge in [-0.05, 0) is 27.2 Å². The highest BCUT2D eigenvalue weighted by atomic mass is 16.6. The fraction of sp³-hybridized carbons (Fsp3) is 0.692. The van der Waals surface area contributed by atoms with Gasteiger partial charge in [0, 0.05) is 25.9 Å². The van der Waals surface area contributed by atoms with E-state index in [0.717, 1.165) is 0 Å². The molecular formula is C13H22N2O3. The van der Waals surface area contributed by atoms with Gasteiger partial charge in [-0.1, -0.05) is 0 Å². The molecular weight excluding hydrogens is 232 g/mol. The number of carbonyl (C=O) groups excluding carboxylic acids is 2. The molecule has 2 amide bonds. The zero-order chi connectivity index (χ0) is 14.0. The van der Waals surface area contributed by atoms with Crippen molar-refractivity contribution < 1.29 is 14.3 Å². The molecule has 0 heterocycles. The second-order valence-electron chi connectivity index (χ2n) is 4.84. The number of rotatable bonds is 6. The third-order valence-electron chi connectivity index (χ3n) is 1.84. The maximum Gasteiger partial charge on any atom is 0.407 e. The number of hydrogen-bond acceptors (Lipinski definition) is 3. The normalized spacial score (nSPS) is 10.3. The van der Waals surface area contributed by atoms with Crippen LogP contribution in [0.2, 0.25) is 0 Å². The lowest BCUT2D eigenvalue weighted by molar-refractivity contribution is -0.121. The molecule has 0 unspecified atom stereocenters. The lowest BCUT2D eigenvalue weighted by Gasteiger charge is -2.19. The van der Waals surface area contributed by atoms with Gasteiger partial charge in [-0.25, -0.2) is 4.79 Å². The average molecular weight is 254 g/mol. The molecule has 0 aliphatic heterocycles. The first-order valence-electron chi connectivity index (χ1n) is 6.02. The molecule has 102 valence electrons. The third-order valence-corrected chi connectivity index (χ3v) is 1.84. The van der Waals surface area contributed by atoms with Gasteiger partial charge >= 0.3 is 6.09 Å². The fourth-order valence-electron chi connectivity index (χ4n) is 1.12. The van der Waals surface area contributed by atoms with Gasteiger partial charge in [0.1, 0.15) is 5.60 Å². The Morgan fingerprint density at radius 1 is 1.22 bits per heavy atom. The summed E-state index contributed by atoms with van der Waals surface area (Å²) in [6.07, 6.45) is 6.29. The molecule has 0 saturated carbocycles. The number of ether oxygens (including phenoxy) is 1. The minimum atomic E-state index is -0.511. The number of terminal acetylenes is 1. The molecule has 0 aliphatic carbocycles. The maximum atomic E-state index is 11.3. The van der Waals surface area contributed by atoms with Gasteiger partial charge in [-0.15, -0.1) is 12.3 Å². The smallest absolute Gasteiger partial charge is 0.407 e.